The lowest BCUT2D eigenvalue weighted by Crippen LogP contribution is -2.01. The molecule has 0 bridgehead atoms. The molecule has 0 radical (unpaired) electrons. The third-order valence-corrected chi connectivity index (χ3v) is 2.01. The van der Waals surface area contributed by atoms with Gasteiger partial charge in [0.15, 0.2) is 0 Å². The van der Waals surface area contributed by atoms with Crippen LogP contribution in [0.3, 0.4) is 0 Å². The van der Waals surface area contributed by atoms with E-state index < -0.39 is 6.61 Å². The normalized spacial score (nSPS) is 14.1. The summed E-state index contributed by atoms with van der Waals surface area (Å²) in [5.74, 6) is 0.234. The summed E-state index contributed by atoms with van der Waals surface area (Å²) < 4.78 is 27.9. The summed E-state index contributed by atoms with van der Waals surface area (Å²) in [5, 5.41) is 3.14. The van der Waals surface area contributed by atoms with Crippen LogP contribution in [0.4, 0.5) is 14.5 Å². The monoisotopic (exact) mass is 185 g/mol. The Labute approximate surface area is 74.5 Å². The third-order valence-electron chi connectivity index (χ3n) is 2.01. The van der Waals surface area contributed by atoms with Gasteiger partial charge in [-0.3, -0.25) is 0 Å². The lowest BCUT2D eigenvalue weighted by molar-refractivity contribution is -0.0498. The molecule has 0 aliphatic carbocycles. The molecule has 1 aliphatic rings. The molecule has 2 rings (SSSR count). The molecule has 0 spiro atoms. The predicted octanol–water partition coefficient (Wildman–Crippen LogP) is 2.26. The van der Waals surface area contributed by atoms with E-state index in [2.05, 4.69) is 10.1 Å². The summed E-state index contributed by atoms with van der Waals surface area (Å²) in [6, 6.07) is 4.96. The molecule has 0 saturated heterocycles. The molecule has 13 heavy (non-hydrogen) atoms. The number of benzene rings is 1. The molecular formula is C9H9F2NO. The number of halogens is 2. The quantitative estimate of drug-likeness (QED) is 0.763. The lowest BCUT2D eigenvalue weighted by Gasteiger charge is -2.05. The van der Waals surface area contributed by atoms with Gasteiger partial charge in [0.05, 0.1) is 0 Å². The van der Waals surface area contributed by atoms with E-state index in [1.807, 2.05) is 0 Å². The van der Waals surface area contributed by atoms with Crippen molar-refractivity contribution in [2.75, 3.05) is 11.9 Å². The van der Waals surface area contributed by atoms with Crippen LogP contribution in [0.2, 0.25) is 0 Å². The highest BCUT2D eigenvalue weighted by Crippen LogP contribution is 2.27. The van der Waals surface area contributed by atoms with Crippen molar-refractivity contribution in [3.8, 4) is 5.75 Å². The number of hydrogen-bond acceptors (Lipinski definition) is 2. The first kappa shape index (κ1) is 8.29. The lowest BCUT2D eigenvalue weighted by atomic mass is 10.1. The number of hydrogen-bond donors (Lipinski definition) is 1. The van der Waals surface area contributed by atoms with Crippen LogP contribution in [0.5, 0.6) is 5.75 Å². The maximum absolute atomic E-state index is 11.8. The predicted molar refractivity (Wildman–Crippen MR) is 45.3 cm³/mol. The fourth-order valence-electron chi connectivity index (χ4n) is 1.46. The van der Waals surface area contributed by atoms with Crippen LogP contribution in [-0.2, 0) is 6.42 Å². The van der Waals surface area contributed by atoms with Crippen molar-refractivity contribution < 1.29 is 13.5 Å². The van der Waals surface area contributed by atoms with E-state index in [9.17, 15) is 8.78 Å². The van der Waals surface area contributed by atoms with Crippen molar-refractivity contribution in [1.29, 1.82) is 0 Å². The van der Waals surface area contributed by atoms with E-state index in [0.717, 1.165) is 24.2 Å². The van der Waals surface area contributed by atoms with Gasteiger partial charge in [-0.25, -0.2) is 0 Å². The van der Waals surface area contributed by atoms with Gasteiger partial charge in [-0.1, -0.05) is 0 Å². The average molecular weight is 185 g/mol. The van der Waals surface area contributed by atoms with Crippen LogP contribution in [-0.4, -0.2) is 13.2 Å². The fourth-order valence-corrected chi connectivity index (χ4v) is 1.46. The minimum Gasteiger partial charge on any atom is -0.435 e. The van der Waals surface area contributed by atoms with Gasteiger partial charge in [-0.15, -0.1) is 0 Å². The van der Waals surface area contributed by atoms with E-state index in [0.29, 0.717) is 0 Å². The molecular weight excluding hydrogens is 176 g/mol. The van der Waals surface area contributed by atoms with Gasteiger partial charge in [0.25, 0.3) is 0 Å². The molecule has 1 heterocycles. The van der Waals surface area contributed by atoms with Crippen LogP contribution in [0.25, 0.3) is 0 Å². The summed E-state index contributed by atoms with van der Waals surface area (Å²) in [6.45, 7) is -1.87. The zero-order valence-corrected chi connectivity index (χ0v) is 6.89. The first-order valence-corrected chi connectivity index (χ1v) is 4.07. The first-order valence-electron chi connectivity index (χ1n) is 4.07. The maximum Gasteiger partial charge on any atom is 0.387 e. The van der Waals surface area contributed by atoms with Crippen molar-refractivity contribution in [3.63, 3.8) is 0 Å². The molecule has 1 aromatic carbocycles. The summed E-state index contributed by atoms with van der Waals surface area (Å²) in [7, 11) is 0. The first-order chi connectivity index (χ1) is 6.25. The second-order valence-electron chi connectivity index (χ2n) is 2.87. The molecule has 1 N–H and O–H groups in total. The molecule has 70 valence electrons. The van der Waals surface area contributed by atoms with Gasteiger partial charge >= 0.3 is 6.61 Å². The summed E-state index contributed by atoms with van der Waals surface area (Å²) >= 11 is 0. The van der Waals surface area contributed by atoms with Crippen molar-refractivity contribution in [2.24, 2.45) is 0 Å². The standard InChI is InChI=1S/C9H9F2NO/c10-9(11)13-7-1-2-8-6(5-7)3-4-12-8/h1-2,5,9,12H,3-4H2. The summed E-state index contributed by atoms with van der Waals surface area (Å²) in [5.41, 5.74) is 2.06. The van der Waals surface area contributed by atoms with Crippen LogP contribution >= 0.6 is 0 Å². The number of alkyl halides is 2. The topological polar surface area (TPSA) is 21.3 Å². The molecule has 0 unspecified atom stereocenters. The number of rotatable bonds is 2. The maximum atomic E-state index is 11.8. The van der Waals surface area contributed by atoms with Gasteiger partial charge in [0.2, 0.25) is 0 Å². The number of anilines is 1. The van der Waals surface area contributed by atoms with Crippen molar-refractivity contribution >= 4 is 5.69 Å². The van der Waals surface area contributed by atoms with Crippen molar-refractivity contribution in [3.05, 3.63) is 23.8 Å². The Balaban J connectivity index is 2.21. The summed E-state index contributed by atoms with van der Waals surface area (Å²) in [4.78, 5) is 0. The van der Waals surface area contributed by atoms with Gasteiger partial charge in [-0.05, 0) is 30.2 Å². The Hall–Kier alpha value is -1.32. The van der Waals surface area contributed by atoms with Gasteiger partial charge in [0.1, 0.15) is 5.75 Å². The third kappa shape index (κ3) is 1.71. The number of nitrogens with one attached hydrogen (secondary N) is 1. The Kier molecular flexibility index (Phi) is 2.04. The Bertz CT molecular complexity index is 314. The molecule has 0 fully saturated rings. The van der Waals surface area contributed by atoms with Gasteiger partial charge in [-0.2, -0.15) is 8.78 Å². The second-order valence-corrected chi connectivity index (χ2v) is 2.87. The SMILES string of the molecule is FC(F)Oc1ccc2c(c1)CCN2. The van der Waals surface area contributed by atoms with Crippen LogP contribution in [0, 0.1) is 0 Å². The molecule has 0 aromatic heterocycles. The smallest absolute Gasteiger partial charge is 0.387 e. The highest BCUT2D eigenvalue weighted by molar-refractivity contribution is 5.57. The van der Waals surface area contributed by atoms with E-state index in [1.54, 1.807) is 18.2 Å². The van der Waals surface area contributed by atoms with Gasteiger partial charge in [0, 0.05) is 12.2 Å². The second kappa shape index (κ2) is 3.20. The summed E-state index contributed by atoms with van der Waals surface area (Å²) in [6.07, 6.45) is 0.871. The van der Waals surface area contributed by atoms with E-state index in [-0.39, 0.29) is 5.75 Å². The van der Waals surface area contributed by atoms with E-state index in [4.69, 9.17) is 0 Å². The Morgan fingerprint density at radius 1 is 1.38 bits per heavy atom. The average Bonchev–Trinajstić information content (AvgIpc) is 2.49. The minimum atomic E-state index is -2.74. The zero-order chi connectivity index (χ0) is 9.26. The molecule has 0 saturated carbocycles. The Morgan fingerprint density at radius 2 is 2.23 bits per heavy atom. The van der Waals surface area contributed by atoms with Crippen molar-refractivity contribution in [1.82, 2.24) is 0 Å². The number of ether oxygens (including phenoxy) is 1. The van der Waals surface area contributed by atoms with Crippen molar-refractivity contribution in [2.45, 2.75) is 13.0 Å². The molecule has 1 aromatic rings. The van der Waals surface area contributed by atoms with Gasteiger partial charge < -0.3 is 10.1 Å². The number of fused-ring (bicyclic) bond motifs is 1. The van der Waals surface area contributed by atoms with Crippen LogP contribution < -0.4 is 10.1 Å². The van der Waals surface area contributed by atoms with Crippen LogP contribution in [0.1, 0.15) is 5.56 Å². The minimum absolute atomic E-state index is 0.234. The van der Waals surface area contributed by atoms with E-state index >= 15 is 0 Å². The molecule has 2 nitrogen and oxygen atoms in total. The largest absolute Gasteiger partial charge is 0.435 e. The molecule has 4 heteroatoms. The zero-order valence-electron chi connectivity index (χ0n) is 6.89. The fraction of sp³-hybridized carbons (Fsp3) is 0.333. The Morgan fingerprint density at radius 3 is 3.00 bits per heavy atom. The highest BCUT2D eigenvalue weighted by Gasteiger charge is 2.11. The van der Waals surface area contributed by atoms with E-state index in [1.165, 1.54) is 0 Å². The molecule has 0 amide bonds. The molecule has 1 aliphatic heterocycles. The van der Waals surface area contributed by atoms with Crippen LogP contribution in [0.15, 0.2) is 18.2 Å². The highest BCUT2D eigenvalue weighted by atomic mass is 19.3. The molecule has 0 atom stereocenters.